The number of carboxylic acid groups (broad SMARTS) is 1. The molecule has 0 aromatic rings. The minimum absolute atomic E-state index is 0.306. The summed E-state index contributed by atoms with van der Waals surface area (Å²) < 4.78 is 5.11. The first kappa shape index (κ1) is 13.6. The van der Waals surface area contributed by atoms with Crippen LogP contribution < -0.4 is 0 Å². The van der Waals surface area contributed by atoms with Crippen LogP contribution in [0.5, 0.6) is 0 Å². The molecule has 1 amide bonds. The number of aliphatic carboxylic acids is 1. The molecule has 0 rings (SSSR count). The molecule has 5 heteroatoms. The van der Waals surface area contributed by atoms with E-state index in [1.54, 1.807) is 0 Å². The SMILES string of the molecule is CCOCCN(CC)C(=O)C=CC(=O)O. The highest BCUT2D eigenvalue weighted by Gasteiger charge is 2.07. The van der Waals surface area contributed by atoms with Crippen molar-refractivity contribution in [3.05, 3.63) is 12.2 Å². The lowest BCUT2D eigenvalue weighted by Crippen LogP contribution is -2.32. The Labute approximate surface area is 89.3 Å². The van der Waals surface area contributed by atoms with E-state index in [1.165, 1.54) is 4.90 Å². The number of ether oxygens (including phenoxy) is 1. The van der Waals surface area contributed by atoms with Gasteiger partial charge in [-0.3, -0.25) is 4.79 Å². The Morgan fingerprint density at radius 2 is 2.00 bits per heavy atom. The third-order valence-electron chi connectivity index (χ3n) is 1.77. The Hall–Kier alpha value is -1.36. The molecular weight excluding hydrogens is 198 g/mol. The predicted octanol–water partition coefficient (Wildman–Crippen LogP) is 0.512. The summed E-state index contributed by atoms with van der Waals surface area (Å²) in [5.74, 6) is -1.43. The number of hydrogen-bond acceptors (Lipinski definition) is 3. The van der Waals surface area contributed by atoms with Gasteiger partial charge in [0.25, 0.3) is 0 Å². The Kier molecular flexibility index (Phi) is 7.27. The average molecular weight is 215 g/mol. The van der Waals surface area contributed by atoms with E-state index >= 15 is 0 Å². The molecule has 0 unspecified atom stereocenters. The maximum absolute atomic E-state index is 11.4. The Morgan fingerprint density at radius 3 is 2.47 bits per heavy atom. The second-order valence-corrected chi connectivity index (χ2v) is 2.79. The van der Waals surface area contributed by atoms with Gasteiger partial charge in [-0.15, -0.1) is 0 Å². The number of carboxylic acids is 1. The minimum atomic E-state index is -1.12. The van der Waals surface area contributed by atoms with Crippen LogP contribution in [0.1, 0.15) is 13.8 Å². The highest BCUT2D eigenvalue weighted by Crippen LogP contribution is 1.92. The standard InChI is InChI=1S/C10H17NO4/c1-3-11(7-8-15-4-2)9(12)5-6-10(13)14/h5-6H,3-4,7-8H2,1-2H3,(H,13,14). The molecule has 0 heterocycles. The zero-order valence-electron chi connectivity index (χ0n) is 9.10. The average Bonchev–Trinajstić information content (AvgIpc) is 2.21. The van der Waals surface area contributed by atoms with Crippen LogP contribution in [0.25, 0.3) is 0 Å². The fraction of sp³-hybridized carbons (Fsp3) is 0.600. The summed E-state index contributed by atoms with van der Waals surface area (Å²) in [5.41, 5.74) is 0. The van der Waals surface area contributed by atoms with Crippen LogP contribution in [0.4, 0.5) is 0 Å². The summed E-state index contributed by atoms with van der Waals surface area (Å²) in [5, 5.41) is 8.35. The van der Waals surface area contributed by atoms with Gasteiger partial charge in [0, 0.05) is 31.8 Å². The van der Waals surface area contributed by atoms with Crippen molar-refractivity contribution < 1.29 is 19.4 Å². The topological polar surface area (TPSA) is 66.8 Å². The van der Waals surface area contributed by atoms with E-state index in [2.05, 4.69) is 0 Å². The molecule has 0 aliphatic carbocycles. The summed E-state index contributed by atoms with van der Waals surface area (Å²) in [7, 11) is 0. The van der Waals surface area contributed by atoms with E-state index in [4.69, 9.17) is 9.84 Å². The first-order chi connectivity index (χ1) is 7.11. The predicted molar refractivity (Wildman–Crippen MR) is 55.5 cm³/mol. The number of carbonyl (C=O) groups excluding carboxylic acids is 1. The van der Waals surface area contributed by atoms with Gasteiger partial charge in [-0.1, -0.05) is 0 Å². The van der Waals surface area contributed by atoms with Crippen molar-refractivity contribution in [1.29, 1.82) is 0 Å². The van der Waals surface area contributed by atoms with E-state index in [9.17, 15) is 9.59 Å². The third-order valence-corrected chi connectivity index (χ3v) is 1.77. The Balaban J connectivity index is 4.04. The smallest absolute Gasteiger partial charge is 0.328 e. The third kappa shape index (κ3) is 6.68. The molecule has 0 radical (unpaired) electrons. The fourth-order valence-electron chi connectivity index (χ4n) is 0.991. The quantitative estimate of drug-likeness (QED) is 0.496. The molecule has 0 spiro atoms. The fourth-order valence-corrected chi connectivity index (χ4v) is 0.991. The van der Waals surface area contributed by atoms with Crippen LogP contribution in [0, 0.1) is 0 Å². The Bertz CT molecular complexity index is 238. The Morgan fingerprint density at radius 1 is 1.33 bits per heavy atom. The van der Waals surface area contributed by atoms with Crippen molar-refractivity contribution in [2.45, 2.75) is 13.8 Å². The van der Waals surface area contributed by atoms with E-state index in [1.807, 2.05) is 13.8 Å². The van der Waals surface area contributed by atoms with Crippen molar-refractivity contribution >= 4 is 11.9 Å². The van der Waals surface area contributed by atoms with Gasteiger partial charge in [-0.2, -0.15) is 0 Å². The van der Waals surface area contributed by atoms with Gasteiger partial charge in [0.15, 0.2) is 0 Å². The molecule has 0 fully saturated rings. The van der Waals surface area contributed by atoms with Crippen LogP contribution in [0.3, 0.4) is 0 Å². The van der Waals surface area contributed by atoms with Crippen LogP contribution in [0.15, 0.2) is 12.2 Å². The van der Waals surface area contributed by atoms with Crippen molar-refractivity contribution in [2.24, 2.45) is 0 Å². The summed E-state index contributed by atoms with van der Waals surface area (Å²) >= 11 is 0. The zero-order valence-corrected chi connectivity index (χ0v) is 9.10. The summed E-state index contributed by atoms with van der Waals surface area (Å²) in [6.45, 7) is 5.80. The highest BCUT2D eigenvalue weighted by atomic mass is 16.5. The van der Waals surface area contributed by atoms with Crippen LogP contribution in [-0.4, -0.2) is 48.2 Å². The molecule has 0 aliphatic rings. The minimum Gasteiger partial charge on any atom is -0.478 e. The number of rotatable bonds is 7. The first-order valence-electron chi connectivity index (χ1n) is 4.89. The molecule has 0 bridgehead atoms. The molecule has 0 saturated carbocycles. The molecule has 86 valence electrons. The number of hydrogen-bond donors (Lipinski definition) is 1. The summed E-state index contributed by atoms with van der Waals surface area (Å²) in [4.78, 5) is 23.1. The van der Waals surface area contributed by atoms with Crippen molar-refractivity contribution in [3.63, 3.8) is 0 Å². The first-order valence-corrected chi connectivity index (χ1v) is 4.89. The van der Waals surface area contributed by atoms with E-state index in [-0.39, 0.29) is 5.91 Å². The second-order valence-electron chi connectivity index (χ2n) is 2.79. The van der Waals surface area contributed by atoms with Gasteiger partial charge in [-0.05, 0) is 13.8 Å². The number of amides is 1. The van der Waals surface area contributed by atoms with Gasteiger partial charge in [-0.25, -0.2) is 4.79 Å². The molecule has 0 aliphatic heterocycles. The van der Waals surface area contributed by atoms with Gasteiger partial charge in [0.1, 0.15) is 0 Å². The number of nitrogens with zero attached hydrogens (tertiary/aromatic N) is 1. The maximum Gasteiger partial charge on any atom is 0.328 e. The lowest BCUT2D eigenvalue weighted by Gasteiger charge is -2.18. The zero-order chi connectivity index (χ0) is 11.7. The molecule has 5 nitrogen and oxygen atoms in total. The molecule has 1 N–H and O–H groups in total. The van der Waals surface area contributed by atoms with E-state index in [0.29, 0.717) is 26.3 Å². The maximum atomic E-state index is 11.4. The molecule has 0 aromatic carbocycles. The highest BCUT2D eigenvalue weighted by molar-refractivity contribution is 5.93. The monoisotopic (exact) mass is 215 g/mol. The van der Waals surface area contributed by atoms with Crippen LogP contribution in [-0.2, 0) is 14.3 Å². The van der Waals surface area contributed by atoms with Gasteiger partial charge in [0.2, 0.25) is 5.91 Å². The lowest BCUT2D eigenvalue weighted by atomic mass is 10.4. The molecule has 0 saturated heterocycles. The van der Waals surface area contributed by atoms with Crippen LogP contribution >= 0.6 is 0 Å². The number of carbonyl (C=O) groups is 2. The van der Waals surface area contributed by atoms with Crippen molar-refractivity contribution in [2.75, 3.05) is 26.3 Å². The summed E-state index contributed by atoms with van der Waals surface area (Å²) in [6.07, 6.45) is 1.89. The van der Waals surface area contributed by atoms with Gasteiger partial charge < -0.3 is 14.7 Å². The molecular formula is C10H17NO4. The largest absolute Gasteiger partial charge is 0.478 e. The van der Waals surface area contributed by atoms with Crippen molar-refractivity contribution in [1.82, 2.24) is 4.90 Å². The van der Waals surface area contributed by atoms with Gasteiger partial charge >= 0.3 is 5.97 Å². The molecule has 0 aromatic heterocycles. The second kappa shape index (κ2) is 7.99. The molecule has 15 heavy (non-hydrogen) atoms. The summed E-state index contributed by atoms with van der Waals surface area (Å²) in [6, 6.07) is 0. The van der Waals surface area contributed by atoms with Gasteiger partial charge in [0.05, 0.1) is 6.61 Å². The van der Waals surface area contributed by atoms with E-state index < -0.39 is 5.97 Å². The number of likely N-dealkylation sites (N-methyl/N-ethyl adjacent to an activating group) is 1. The molecule has 0 atom stereocenters. The lowest BCUT2D eigenvalue weighted by molar-refractivity contribution is -0.132. The van der Waals surface area contributed by atoms with E-state index in [0.717, 1.165) is 12.2 Å². The normalized spacial score (nSPS) is 10.5. The van der Waals surface area contributed by atoms with Crippen LogP contribution in [0.2, 0.25) is 0 Å². The van der Waals surface area contributed by atoms with Crippen molar-refractivity contribution in [3.8, 4) is 0 Å².